The van der Waals surface area contributed by atoms with Gasteiger partial charge in [0.15, 0.2) is 6.10 Å². The first-order valence-corrected chi connectivity index (χ1v) is 24.2. The Labute approximate surface area is 332 Å². The normalized spacial score (nSPS) is 12.6. The molecule has 0 unspecified atom stereocenters. The van der Waals surface area contributed by atoms with Crippen LogP contribution in [0.25, 0.3) is 0 Å². The predicted molar refractivity (Wildman–Crippen MR) is 225 cm³/mol. The summed E-state index contributed by atoms with van der Waals surface area (Å²) in [5.74, 6) is -0.890. The molecule has 0 spiro atoms. The van der Waals surface area contributed by atoms with Crippen LogP contribution < -0.4 is 0 Å². The van der Waals surface area contributed by atoms with Crippen molar-refractivity contribution in [2.75, 3.05) is 13.2 Å². The number of unbranched alkanes of at least 4 members (excludes halogenated alkanes) is 28. The average molecular weight is 785 g/mol. The highest BCUT2D eigenvalue weighted by molar-refractivity contribution is 7.46. The topological polar surface area (TPSA) is 119 Å². The van der Waals surface area contributed by atoms with Crippen LogP contribution in [0.3, 0.4) is 0 Å². The smallest absolute Gasteiger partial charge is 0.462 e. The minimum atomic E-state index is -4.75. The van der Waals surface area contributed by atoms with Crippen LogP contribution in [0, 0.1) is 0 Å². The molecular weight excluding hydrogens is 699 g/mol. The number of ether oxygens (including phenoxy) is 2. The zero-order valence-electron chi connectivity index (χ0n) is 35.1. The summed E-state index contributed by atoms with van der Waals surface area (Å²) < 4.78 is 26.4. The quantitative estimate of drug-likeness (QED) is 0.0272. The SMILES string of the molecule is CCCCC/C=C\C/C=C\CCCCCCCC(=O)OC[C@H](COP(=O)(O)O)OC(=O)CCCCCCCCCCCCCCCCCCCCCCC. The third-order valence-corrected chi connectivity index (χ3v) is 10.5. The van der Waals surface area contributed by atoms with Gasteiger partial charge < -0.3 is 19.3 Å². The second-order valence-corrected chi connectivity index (χ2v) is 16.6. The predicted octanol–water partition coefficient (Wildman–Crippen LogP) is 14.0. The summed E-state index contributed by atoms with van der Waals surface area (Å²) in [5.41, 5.74) is 0. The fraction of sp³-hybridized carbons (Fsp3) is 0.867. The second-order valence-electron chi connectivity index (χ2n) is 15.4. The lowest BCUT2D eigenvalue weighted by atomic mass is 10.0. The van der Waals surface area contributed by atoms with E-state index in [1.165, 1.54) is 135 Å². The Morgan fingerprint density at radius 1 is 0.481 bits per heavy atom. The van der Waals surface area contributed by atoms with E-state index in [1.54, 1.807) is 0 Å². The maximum absolute atomic E-state index is 12.4. The molecule has 8 nitrogen and oxygen atoms in total. The van der Waals surface area contributed by atoms with Gasteiger partial charge in [0, 0.05) is 12.8 Å². The van der Waals surface area contributed by atoms with Crippen molar-refractivity contribution < 1.29 is 37.9 Å². The molecule has 2 N–H and O–H groups in total. The number of allylic oxidation sites excluding steroid dienone is 4. The molecule has 0 aromatic carbocycles. The molecule has 0 saturated carbocycles. The molecule has 0 fully saturated rings. The molecule has 0 aliphatic heterocycles. The zero-order valence-corrected chi connectivity index (χ0v) is 36.0. The van der Waals surface area contributed by atoms with Crippen LogP contribution in [-0.2, 0) is 28.2 Å². The van der Waals surface area contributed by atoms with E-state index in [0.717, 1.165) is 57.8 Å². The highest BCUT2D eigenvalue weighted by Gasteiger charge is 2.23. The third kappa shape index (κ3) is 43.3. The lowest BCUT2D eigenvalue weighted by Gasteiger charge is -2.18. The van der Waals surface area contributed by atoms with Gasteiger partial charge in [0.2, 0.25) is 0 Å². The first-order valence-electron chi connectivity index (χ1n) is 22.6. The molecule has 0 saturated heterocycles. The highest BCUT2D eigenvalue weighted by Crippen LogP contribution is 2.36. The van der Waals surface area contributed by atoms with E-state index in [2.05, 4.69) is 42.7 Å². The number of phosphoric ester groups is 1. The molecule has 54 heavy (non-hydrogen) atoms. The monoisotopic (exact) mass is 785 g/mol. The van der Waals surface area contributed by atoms with E-state index in [4.69, 9.17) is 19.3 Å². The van der Waals surface area contributed by atoms with Crippen molar-refractivity contribution in [3.63, 3.8) is 0 Å². The second kappa shape index (κ2) is 41.2. The van der Waals surface area contributed by atoms with Gasteiger partial charge in [-0.05, 0) is 44.9 Å². The van der Waals surface area contributed by atoms with Crippen LogP contribution in [-0.4, -0.2) is 41.0 Å². The van der Waals surface area contributed by atoms with Gasteiger partial charge in [0.05, 0.1) is 6.61 Å². The Hall–Kier alpha value is -1.47. The van der Waals surface area contributed by atoms with Crippen molar-refractivity contribution in [1.82, 2.24) is 0 Å². The lowest BCUT2D eigenvalue weighted by Crippen LogP contribution is -2.29. The minimum Gasteiger partial charge on any atom is -0.462 e. The largest absolute Gasteiger partial charge is 0.469 e. The van der Waals surface area contributed by atoms with Crippen LogP contribution in [0.15, 0.2) is 24.3 Å². The number of esters is 2. The van der Waals surface area contributed by atoms with E-state index < -0.39 is 32.5 Å². The Morgan fingerprint density at radius 2 is 0.833 bits per heavy atom. The Kier molecular flexibility index (Phi) is 40.1. The van der Waals surface area contributed by atoms with E-state index in [1.807, 2.05) is 0 Å². The van der Waals surface area contributed by atoms with E-state index in [-0.39, 0.29) is 19.4 Å². The van der Waals surface area contributed by atoms with Crippen molar-refractivity contribution in [3.8, 4) is 0 Å². The van der Waals surface area contributed by atoms with E-state index in [9.17, 15) is 14.2 Å². The molecule has 0 aliphatic rings. The van der Waals surface area contributed by atoms with Crippen LogP contribution in [0.1, 0.15) is 232 Å². The summed E-state index contributed by atoms with van der Waals surface area (Å²) >= 11 is 0. The van der Waals surface area contributed by atoms with Crippen LogP contribution in [0.5, 0.6) is 0 Å². The van der Waals surface area contributed by atoms with Gasteiger partial charge in [0.25, 0.3) is 0 Å². The summed E-state index contributed by atoms with van der Waals surface area (Å²) in [6.07, 6.45) is 47.6. The number of carbonyl (C=O) groups excluding carboxylic acids is 2. The number of carbonyl (C=O) groups is 2. The molecule has 0 radical (unpaired) electrons. The maximum atomic E-state index is 12.4. The van der Waals surface area contributed by atoms with Crippen molar-refractivity contribution in [2.45, 2.75) is 238 Å². The lowest BCUT2D eigenvalue weighted by molar-refractivity contribution is -0.161. The van der Waals surface area contributed by atoms with Crippen LogP contribution >= 0.6 is 7.82 Å². The van der Waals surface area contributed by atoms with Crippen molar-refractivity contribution in [3.05, 3.63) is 24.3 Å². The van der Waals surface area contributed by atoms with Crippen LogP contribution in [0.4, 0.5) is 0 Å². The highest BCUT2D eigenvalue weighted by atomic mass is 31.2. The van der Waals surface area contributed by atoms with Gasteiger partial charge in [-0.15, -0.1) is 0 Å². The Morgan fingerprint density at radius 3 is 1.26 bits per heavy atom. The molecule has 1 atom stereocenters. The molecule has 9 heteroatoms. The maximum Gasteiger partial charge on any atom is 0.469 e. The standard InChI is InChI=1S/C45H85O8P/c1-3-5-7-9-11-13-15-17-19-20-21-22-23-24-26-28-30-32-34-36-38-40-45(47)53-43(42-52-54(48,49)50)41-51-44(46)39-37-35-33-31-29-27-25-18-16-14-12-10-8-6-4-2/h12,14,18,25,43H,3-11,13,15-17,19-24,26-42H2,1-2H3,(H2,48,49,50)/b14-12-,25-18-/t43-/m1/s1. The molecule has 0 amide bonds. The average Bonchev–Trinajstić information content (AvgIpc) is 3.14. The summed E-state index contributed by atoms with van der Waals surface area (Å²) in [6.45, 7) is 3.68. The molecule has 0 aromatic rings. The molecule has 0 aliphatic carbocycles. The van der Waals surface area contributed by atoms with Gasteiger partial charge in [0.1, 0.15) is 6.61 Å². The first kappa shape index (κ1) is 52.5. The fourth-order valence-corrected chi connectivity index (χ4v) is 6.94. The summed E-state index contributed by atoms with van der Waals surface area (Å²) in [5, 5.41) is 0. The molecule has 0 aromatic heterocycles. The molecule has 318 valence electrons. The van der Waals surface area contributed by atoms with Gasteiger partial charge >= 0.3 is 19.8 Å². The summed E-state index contributed by atoms with van der Waals surface area (Å²) in [7, 11) is -4.75. The molecule has 0 heterocycles. The number of hydrogen-bond acceptors (Lipinski definition) is 6. The first-order chi connectivity index (χ1) is 26.3. The zero-order chi connectivity index (χ0) is 39.6. The van der Waals surface area contributed by atoms with Gasteiger partial charge in [-0.25, -0.2) is 4.57 Å². The number of rotatable bonds is 42. The Bertz CT molecular complexity index is 931. The summed E-state index contributed by atoms with van der Waals surface area (Å²) in [6, 6.07) is 0. The fourth-order valence-electron chi connectivity index (χ4n) is 6.58. The Balaban J connectivity index is 3.84. The van der Waals surface area contributed by atoms with Crippen LogP contribution in [0.2, 0.25) is 0 Å². The molecular formula is C45H85O8P. The number of hydrogen-bond donors (Lipinski definition) is 2. The van der Waals surface area contributed by atoms with Gasteiger partial charge in [-0.1, -0.05) is 199 Å². The summed E-state index contributed by atoms with van der Waals surface area (Å²) in [4.78, 5) is 42.9. The third-order valence-electron chi connectivity index (χ3n) is 9.97. The van der Waals surface area contributed by atoms with Gasteiger partial charge in [-0.3, -0.25) is 14.1 Å². The number of phosphoric acid groups is 1. The van der Waals surface area contributed by atoms with Crippen molar-refractivity contribution in [2.24, 2.45) is 0 Å². The van der Waals surface area contributed by atoms with Crippen molar-refractivity contribution in [1.29, 1.82) is 0 Å². The van der Waals surface area contributed by atoms with E-state index >= 15 is 0 Å². The minimum absolute atomic E-state index is 0.214. The van der Waals surface area contributed by atoms with Crippen molar-refractivity contribution >= 4 is 19.8 Å². The molecule has 0 rings (SSSR count). The van der Waals surface area contributed by atoms with E-state index in [0.29, 0.717) is 12.8 Å². The molecule has 0 bridgehead atoms. The van der Waals surface area contributed by atoms with Gasteiger partial charge in [-0.2, -0.15) is 0 Å².